The third kappa shape index (κ3) is 2.66. The number of rotatable bonds is 4. The molecule has 16 heavy (non-hydrogen) atoms. The largest absolute Gasteiger partial charge is 0.339 e. The average Bonchev–Trinajstić information content (AvgIpc) is 2.75. The van der Waals surface area contributed by atoms with Crippen molar-refractivity contribution < 1.29 is 17.7 Å². The minimum atomic E-state index is -2.86. The van der Waals surface area contributed by atoms with Gasteiger partial charge in [0.2, 0.25) is 5.89 Å². The van der Waals surface area contributed by atoms with Crippen LogP contribution in [0, 0.1) is 5.92 Å². The van der Waals surface area contributed by atoms with E-state index in [0.717, 1.165) is 0 Å². The van der Waals surface area contributed by atoms with E-state index in [1.165, 1.54) is 0 Å². The number of carbonyl (C=O) groups is 1. The fourth-order valence-corrected chi connectivity index (χ4v) is 3.68. The van der Waals surface area contributed by atoms with Crippen LogP contribution in [-0.4, -0.2) is 36.4 Å². The highest BCUT2D eigenvalue weighted by molar-refractivity contribution is 7.91. The van der Waals surface area contributed by atoms with Gasteiger partial charge in [-0.1, -0.05) is 5.16 Å². The summed E-state index contributed by atoms with van der Waals surface area (Å²) < 4.78 is 27.3. The van der Waals surface area contributed by atoms with Gasteiger partial charge in [-0.05, 0) is 12.3 Å². The minimum absolute atomic E-state index is 0.0756. The Balaban J connectivity index is 1.96. The highest BCUT2D eigenvalue weighted by atomic mass is 32.2. The molecule has 0 radical (unpaired) electrons. The molecule has 1 aromatic rings. The molecule has 0 spiro atoms. The lowest BCUT2D eigenvalue weighted by Crippen LogP contribution is -2.08. The van der Waals surface area contributed by atoms with E-state index in [1.54, 1.807) is 0 Å². The third-order valence-electron chi connectivity index (χ3n) is 2.57. The van der Waals surface area contributed by atoms with Crippen LogP contribution < -0.4 is 0 Å². The molecular weight excluding hydrogens is 232 g/mol. The molecule has 1 aliphatic heterocycles. The molecule has 0 amide bonds. The lowest BCUT2D eigenvalue weighted by atomic mass is 10.1. The zero-order chi connectivity index (χ0) is 11.6. The molecule has 2 rings (SSSR count). The first-order valence-corrected chi connectivity index (χ1v) is 6.87. The molecule has 1 unspecified atom stereocenters. The van der Waals surface area contributed by atoms with Crippen molar-refractivity contribution >= 4 is 16.1 Å². The molecule has 1 saturated heterocycles. The number of hydrogen-bond acceptors (Lipinski definition) is 6. The number of carbonyl (C=O) groups excluding carboxylic acids is 1. The molecule has 6 nitrogen and oxygen atoms in total. The number of hydrogen-bond donors (Lipinski definition) is 0. The Labute approximate surface area is 93.0 Å². The van der Waals surface area contributed by atoms with Crippen molar-refractivity contribution in [3.8, 4) is 0 Å². The molecule has 1 atom stereocenters. The molecule has 2 heterocycles. The van der Waals surface area contributed by atoms with Gasteiger partial charge in [0.1, 0.15) is 6.29 Å². The predicted octanol–water partition coefficient (Wildman–Crippen LogP) is -0.212. The zero-order valence-corrected chi connectivity index (χ0v) is 9.44. The molecular formula is C9H12N2O4S. The molecule has 7 heteroatoms. The maximum absolute atomic E-state index is 11.2. The summed E-state index contributed by atoms with van der Waals surface area (Å²) in [5.74, 6) is 1.29. The lowest BCUT2D eigenvalue weighted by Gasteiger charge is -2.01. The Bertz CT molecular complexity index is 479. The predicted molar refractivity (Wildman–Crippen MR) is 54.5 cm³/mol. The van der Waals surface area contributed by atoms with E-state index in [0.29, 0.717) is 25.0 Å². The van der Waals surface area contributed by atoms with E-state index in [2.05, 4.69) is 10.1 Å². The van der Waals surface area contributed by atoms with Gasteiger partial charge < -0.3 is 9.32 Å². The van der Waals surface area contributed by atoms with E-state index in [4.69, 9.17) is 4.52 Å². The van der Waals surface area contributed by atoms with Crippen LogP contribution in [0.1, 0.15) is 18.1 Å². The normalized spacial score (nSPS) is 23.4. The highest BCUT2D eigenvalue weighted by Crippen LogP contribution is 2.21. The van der Waals surface area contributed by atoms with Gasteiger partial charge in [0, 0.05) is 6.42 Å². The second-order valence-corrected chi connectivity index (χ2v) is 6.18. The molecule has 1 aromatic heterocycles. The van der Waals surface area contributed by atoms with Gasteiger partial charge >= 0.3 is 0 Å². The average molecular weight is 244 g/mol. The van der Waals surface area contributed by atoms with Crippen molar-refractivity contribution in [3.05, 3.63) is 11.7 Å². The quantitative estimate of drug-likeness (QED) is 0.681. The molecule has 0 N–H and O–H groups in total. The summed E-state index contributed by atoms with van der Waals surface area (Å²) in [6.45, 7) is 0. The molecule has 88 valence electrons. The Kier molecular flexibility index (Phi) is 3.04. The maximum Gasteiger partial charge on any atom is 0.233 e. The highest BCUT2D eigenvalue weighted by Gasteiger charge is 2.29. The first kappa shape index (κ1) is 11.3. The first-order chi connectivity index (χ1) is 7.59. The maximum atomic E-state index is 11.2. The smallest absolute Gasteiger partial charge is 0.233 e. The van der Waals surface area contributed by atoms with Crippen molar-refractivity contribution in [1.29, 1.82) is 0 Å². The Morgan fingerprint density at radius 1 is 1.50 bits per heavy atom. The first-order valence-electron chi connectivity index (χ1n) is 5.04. The standard InChI is InChI=1S/C9H12N2O4S/c12-3-1-9-10-8(11-15-9)5-7-2-4-16(13,14)6-7/h3,7H,1-2,4-6H2. The second-order valence-electron chi connectivity index (χ2n) is 3.95. The number of sulfone groups is 1. The fraction of sp³-hybridized carbons (Fsp3) is 0.667. The van der Waals surface area contributed by atoms with E-state index >= 15 is 0 Å². The Morgan fingerprint density at radius 2 is 2.31 bits per heavy atom. The van der Waals surface area contributed by atoms with Gasteiger partial charge in [0.25, 0.3) is 0 Å². The molecule has 0 saturated carbocycles. The van der Waals surface area contributed by atoms with E-state index in [-0.39, 0.29) is 29.7 Å². The van der Waals surface area contributed by atoms with Crippen molar-refractivity contribution in [2.24, 2.45) is 5.92 Å². The SMILES string of the molecule is O=CCc1nc(CC2CCS(=O)(=O)C2)no1. The van der Waals surface area contributed by atoms with Crippen LogP contribution in [-0.2, 0) is 27.5 Å². The summed E-state index contributed by atoms with van der Waals surface area (Å²) in [5, 5.41) is 3.71. The molecule has 0 aliphatic carbocycles. The van der Waals surface area contributed by atoms with Crippen LogP contribution in [0.15, 0.2) is 4.52 Å². The zero-order valence-electron chi connectivity index (χ0n) is 8.63. The summed E-state index contributed by atoms with van der Waals surface area (Å²) in [6, 6.07) is 0. The van der Waals surface area contributed by atoms with Crippen LogP contribution in [0.2, 0.25) is 0 Å². The van der Waals surface area contributed by atoms with Gasteiger partial charge in [-0.2, -0.15) is 4.98 Å². The van der Waals surface area contributed by atoms with Gasteiger partial charge in [0.05, 0.1) is 17.9 Å². The van der Waals surface area contributed by atoms with E-state index in [9.17, 15) is 13.2 Å². The van der Waals surface area contributed by atoms with Gasteiger partial charge in [-0.25, -0.2) is 8.42 Å². The molecule has 1 aliphatic rings. The molecule has 0 aromatic carbocycles. The van der Waals surface area contributed by atoms with E-state index in [1.807, 2.05) is 0 Å². The molecule has 1 fully saturated rings. The van der Waals surface area contributed by atoms with Crippen LogP contribution in [0.4, 0.5) is 0 Å². The van der Waals surface area contributed by atoms with E-state index < -0.39 is 9.84 Å². The van der Waals surface area contributed by atoms with Crippen LogP contribution in [0.5, 0.6) is 0 Å². The van der Waals surface area contributed by atoms with Gasteiger partial charge in [-0.15, -0.1) is 0 Å². The van der Waals surface area contributed by atoms with Crippen LogP contribution in [0.25, 0.3) is 0 Å². The second kappa shape index (κ2) is 4.32. The topological polar surface area (TPSA) is 90.1 Å². The summed E-state index contributed by atoms with van der Waals surface area (Å²) in [7, 11) is -2.86. The van der Waals surface area contributed by atoms with Crippen molar-refractivity contribution in [1.82, 2.24) is 10.1 Å². The summed E-state index contributed by atoms with van der Waals surface area (Å²) in [5.41, 5.74) is 0. The van der Waals surface area contributed by atoms with Gasteiger partial charge in [-0.3, -0.25) is 0 Å². The summed E-state index contributed by atoms with van der Waals surface area (Å²) in [4.78, 5) is 14.2. The lowest BCUT2D eigenvalue weighted by molar-refractivity contribution is -0.107. The van der Waals surface area contributed by atoms with Crippen LogP contribution in [0.3, 0.4) is 0 Å². The van der Waals surface area contributed by atoms with Crippen LogP contribution >= 0.6 is 0 Å². The minimum Gasteiger partial charge on any atom is -0.339 e. The van der Waals surface area contributed by atoms with Crippen molar-refractivity contribution in [3.63, 3.8) is 0 Å². The van der Waals surface area contributed by atoms with Crippen molar-refractivity contribution in [2.75, 3.05) is 11.5 Å². The Morgan fingerprint density at radius 3 is 2.94 bits per heavy atom. The van der Waals surface area contributed by atoms with Gasteiger partial charge in [0.15, 0.2) is 15.7 Å². The number of nitrogens with zero attached hydrogens (tertiary/aromatic N) is 2. The summed E-state index contributed by atoms with van der Waals surface area (Å²) in [6.07, 6.45) is 1.95. The van der Waals surface area contributed by atoms with Crippen molar-refractivity contribution in [2.45, 2.75) is 19.3 Å². The number of aldehydes is 1. The monoisotopic (exact) mass is 244 g/mol. The summed E-state index contributed by atoms with van der Waals surface area (Å²) >= 11 is 0. The number of aromatic nitrogens is 2. The fourth-order valence-electron chi connectivity index (χ4n) is 1.82. The Hall–Kier alpha value is -1.24. The third-order valence-corrected chi connectivity index (χ3v) is 4.40. The molecule has 0 bridgehead atoms.